The summed E-state index contributed by atoms with van der Waals surface area (Å²) < 4.78 is 13.4. The number of unbranched alkanes of at least 4 members (excludes halogenated alkanes) is 2. The Bertz CT molecular complexity index is 1200. The molecule has 4 aromatic rings. The van der Waals surface area contributed by atoms with Crippen molar-refractivity contribution < 1.29 is 14.3 Å². The standard InChI is InChI=1S/C28H31N3O3/c1-33-24-14-10-11-22(21-24)28(32)29-18-9-3-6-17-27-30-25-15-7-8-16-26(25)31(27)19-20-34-23-12-4-2-5-13-23/h2,4-5,7-8,10-16,21H,3,6,9,17-20H2,1H3,(H,29,32). The van der Waals surface area contributed by atoms with Gasteiger partial charge in [-0.15, -0.1) is 0 Å². The first kappa shape index (κ1) is 23.4. The van der Waals surface area contributed by atoms with Gasteiger partial charge in [-0.05, 0) is 55.3 Å². The minimum Gasteiger partial charge on any atom is -0.497 e. The van der Waals surface area contributed by atoms with Gasteiger partial charge in [-0.3, -0.25) is 4.79 Å². The average molecular weight is 458 g/mol. The highest BCUT2D eigenvalue weighted by molar-refractivity contribution is 5.94. The van der Waals surface area contributed by atoms with E-state index in [4.69, 9.17) is 14.5 Å². The van der Waals surface area contributed by atoms with Crippen LogP contribution < -0.4 is 14.8 Å². The molecular weight excluding hydrogens is 426 g/mol. The van der Waals surface area contributed by atoms with Gasteiger partial charge >= 0.3 is 0 Å². The second kappa shape index (κ2) is 11.9. The first-order chi connectivity index (χ1) is 16.7. The van der Waals surface area contributed by atoms with Gasteiger partial charge in [-0.1, -0.05) is 42.8 Å². The number of rotatable bonds is 12. The molecule has 6 heteroatoms. The number of nitrogens with one attached hydrogen (secondary N) is 1. The van der Waals surface area contributed by atoms with Crippen LogP contribution in [0.5, 0.6) is 11.5 Å². The Labute approximate surface area is 200 Å². The van der Waals surface area contributed by atoms with E-state index in [0.29, 0.717) is 24.5 Å². The number of para-hydroxylation sites is 3. The van der Waals surface area contributed by atoms with Gasteiger partial charge in [0.15, 0.2) is 0 Å². The summed E-state index contributed by atoms with van der Waals surface area (Å²) in [6.45, 7) is 1.99. The van der Waals surface area contributed by atoms with E-state index in [2.05, 4.69) is 22.0 Å². The summed E-state index contributed by atoms with van der Waals surface area (Å²) in [4.78, 5) is 17.2. The summed E-state index contributed by atoms with van der Waals surface area (Å²) in [7, 11) is 1.60. The van der Waals surface area contributed by atoms with E-state index in [9.17, 15) is 4.79 Å². The molecule has 0 aliphatic carbocycles. The summed E-state index contributed by atoms with van der Waals surface area (Å²) in [6, 6.07) is 25.3. The quantitative estimate of drug-likeness (QED) is 0.295. The number of hydrogen-bond donors (Lipinski definition) is 1. The predicted octanol–water partition coefficient (Wildman–Crippen LogP) is 5.27. The Balaban J connectivity index is 1.25. The number of benzene rings is 3. The maximum absolute atomic E-state index is 12.3. The van der Waals surface area contributed by atoms with Crippen LogP contribution in [0.2, 0.25) is 0 Å². The Morgan fingerprint density at radius 3 is 2.56 bits per heavy atom. The molecule has 1 amide bonds. The van der Waals surface area contributed by atoms with Gasteiger partial charge in [-0.25, -0.2) is 4.98 Å². The Kier molecular flexibility index (Phi) is 8.17. The minimum absolute atomic E-state index is 0.0703. The number of ether oxygens (including phenoxy) is 2. The zero-order chi connectivity index (χ0) is 23.6. The number of fused-ring (bicyclic) bond motifs is 1. The lowest BCUT2D eigenvalue weighted by atomic mass is 10.1. The molecule has 6 nitrogen and oxygen atoms in total. The number of aromatic nitrogens is 2. The van der Waals surface area contributed by atoms with Crippen LogP contribution in [0, 0.1) is 0 Å². The number of methoxy groups -OCH3 is 1. The molecule has 0 radical (unpaired) electrons. The largest absolute Gasteiger partial charge is 0.497 e. The van der Waals surface area contributed by atoms with Gasteiger partial charge in [0.05, 0.1) is 24.7 Å². The summed E-state index contributed by atoms with van der Waals surface area (Å²) in [5.41, 5.74) is 2.77. The molecule has 0 aliphatic rings. The second-order valence-electron chi connectivity index (χ2n) is 8.13. The van der Waals surface area contributed by atoms with Crippen molar-refractivity contribution in [3.05, 3.63) is 90.3 Å². The molecule has 0 spiro atoms. The van der Waals surface area contributed by atoms with Crippen molar-refractivity contribution in [2.75, 3.05) is 20.3 Å². The zero-order valence-electron chi connectivity index (χ0n) is 19.6. The minimum atomic E-state index is -0.0703. The third-order valence-electron chi connectivity index (χ3n) is 5.76. The number of hydrogen-bond acceptors (Lipinski definition) is 4. The molecule has 1 aromatic heterocycles. The highest BCUT2D eigenvalue weighted by Crippen LogP contribution is 2.18. The molecule has 0 unspecified atom stereocenters. The summed E-state index contributed by atoms with van der Waals surface area (Å²) in [5.74, 6) is 2.58. The lowest BCUT2D eigenvalue weighted by molar-refractivity contribution is 0.0952. The highest BCUT2D eigenvalue weighted by atomic mass is 16.5. The molecule has 4 rings (SSSR count). The molecule has 0 atom stereocenters. The molecule has 0 saturated carbocycles. The van der Waals surface area contributed by atoms with Crippen molar-refractivity contribution in [3.8, 4) is 11.5 Å². The van der Waals surface area contributed by atoms with Crippen LogP contribution in [-0.2, 0) is 13.0 Å². The fourth-order valence-electron chi connectivity index (χ4n) is 3.99. The molecule has 34 heavy (non-hydrogen) atoms. The van der Waals surface area contributed by atoms with Crippen molar-refractivity contribution in [1.29, 1.82) is 0 Å². The Morgan fingerprint density at radius 1 is 0.912 bits per heavy atom. The smallest absolute Gasteiger partial charge is 0.251 e. The molecule has 0 fully saturated rings. The van der Waals surface area contributed by atoms with E-state index in [-0.39, 0.29) is 5.91 Å². The monoisotopic (exact) mass is 457 g/mol. The van der Waals surface area contributed by atoms with Gasteiger partial charge in [0.25, 0.3) is 5.91 Å². The Morgan fingerprint density at radius 2 is 1.71 bits per heavy atom. The molecule has 0 saturated heterocycles. The fourth-order valence-corrected chi connectivity index (χ4v) is 3.99. The third kappa shape index (κ3) is 6.16. The number of aryl methyl sites for hydroxylation is 1. The molecule has 1 heterocycles. The first-order valence-electron chi connectivity index (χ1n) is 11.8. The molecule has 3 aromatic carbocycles. The van der Waals surface area contributed by atoms with E-state index >= 15 is 0 Å². The predicted molar refractivity (Wildman–Crippen MR) is 135 cm³/mol. The van der Waals surface area contributed by atoms with Gasteiger partial charge in [0.1, 0.15) is 23.9 Å². The van der Waals surface area contributed by atoms with Gasteiger partial charge in [0, 0.05) is 18.5 Å². The maximum Gasteiger partial charge on any atom is 0.251 e. The number of imidazole rings is 1. The first-order valence-corrected chi connectivity index (χ1v) is 11.8. The van der Waals surface area contributed by atoms with Crippen LogP contribution in [-0.4, -0.2) is 35.7 Å². The maximum atomic E-state index is 12.3. The molecule has 176 valence electrons. The van der Waals surface area contributed by atoms with Crippen molar-refractivity contribution in [2.45, 2.75) is 32.2 Å². The fraction of sp³-hybridized carbons (Fsp3) is 0.286. The Hall–Kier alpha value is -3.80. The van der Waals surface area contributed by atoms with Crippen LogP contribution >= 0.6 is 0 Å². The zero-order valence-corrected chi connectivity index (χ0v) is 19.6. The van der Waals surface area contributed by atoms with E-state index < -0.39 is 0 Å². The lowest BCUT2D eigenvalue weighted by Gasteiger charge is -2.11. The van der Waals surface area contributed by atoms with Crippen molar-refractivity contribution in [3.63, 3.8) is 0 Å². The normalized spacial score (nSPS) is 10.9. The lowest BCUT2D eigenvalue weighted by Crippen LogP contribution is -2.24. The SMILES string of the molecule is COc1cccc(C(=O)NCCCCCc2nc3ccccc3n2CCOc2ccccc2)c1. The van der Waals surface area contributed by atoms with Crippen molar-refractivity contribution in [2.24, 2.45) is 0 Å². The summed E-state index contributed by atoms with van der Waals surface area (Å²) in [6.07, 6.45) is 3.84. The third-order valence-corrected chi connectivity index (χ3v) is 5.76. The van der Waals surface area contributed by atoms with Crippen LogP contribution in [0.4, 0.5) is 0 Å². The molecule has 0 aliphatic heterocycles. The number of nitrogens with zero attached hydrogens (tertiary/aromatic N) is 2. The van der Waals surface area contributed by atoms with E-state index in [1.807, 2.05) is 54.6 Å². The van der Waals surface area contributed by atoms with Crippen LogP contribution in [0.3, 0.4) is 0 Å². The highest BCUT2D eigenvalue weighted by Gasteiger charge is 2.11. The van der Waals surface area contributed by atoms with Gasteiger partial charge in [-0.2, -0.15) is 0 Å². The van der Waals surface area contributed by atoms with Gasteiger partial charge in [0.2, 0.25) is 0 Å². The topological polar surface area (TPSA) is 65.4 Å². The van der Waals surface area contributed by atoms with E-state index in [0.717, 1.165) is 54.8 Å². The summed E-state index contributed by atoms with van der Waals surface area (Å²) in [5, 5.41) is 2.99. The van der Waals surface area contributed by atoms with Crippen LogP contribution in [0.15, 0.2) is 78.9 Å². The number of carbonyl (C=O) groups is 1. The van der Waals surface area contributed by atoms with Crippen LogP contribution in [0.25, 0.3) is 11.0 Å². The molecule has 0 bridgehead atoms. The van der Waals surface area contributed by atoms with Crippen molar-refractivity contribution in [1.82, 2.24) is 14.9 Å². The number of amides is 1. The van der Waals surface area contributed by atoms with Gasteiger partial charge < -0.3 is 19.4 Å². The second-order valence-corrected chi connectivity index (χ2v) is 8.13. The summed E-state index contributed by atoms with van der Waals surface area (Å²) >= 11 is 0. The van der Waals surface area contributed by atoms with E-state index in [1.54, 1.807) is 19.2 Å². The molecule has 1 N–H and O–H groups in total. The van der Waals surface area contributed by atoms with Crippen LogP contribution in [0.1, 0.15) is 35.4 Å². The van der Waals surface area contributed by atoms with E-state index in [1.165, 1.54) is 0 Å². The van der Waals surface area contributed by atoms with Crippen molar-refractivity contribution >= 4 is 16.9 Å². The number of carbonyl (C=O) groups excluding carboxylic acids is 1. The molecular formula is C28H31N3O3. The average Bonchev–Trinajstić information content (AvgIpc) is 3.24.